The number of para-hydroxylation sites is 1. The third-order valence-corrected chi connectivity index (χ3v) is 6.56. The van der Waals surface area contributed by atoms with E-state index in [1.807, 2.05) is 31.3 Å². The van der Waals surface area contributed by atoms with E-state index in [4.69, 9.17) is 4.52 Å². The maximum atomic E-state index is 12.6. The molecule has 8 heteroatoms. The molecular weight excluding hydrogens is 352 g/mol. The molecule has 0 bridgehead atoms. The fourth-order valence-electron chi connectivity index (χ4n) is 3.38. The average Bonchev–Trinajstić information content (AvgIpc) is 3.14. The molecule has 1 aliphatic heterocycles. The summed E-state index contributed by atoms with van der Waals surface area (Å²) in [7, 11) is -3.39. The van der Waals surface area contributed by atoms with Crippen LogP contribution >= 0.6 is 0 Å². The molecule has 4 rings (SSSR count). The predicted octanol–water partition coefficient (Wildman–Crippen LogP) is 2.18. The van der Waals surface area contributed by atoms with Crippen LogP contribution < -0.4 is 4.90 Å². The fourth-order valence-corrected chi connectivity index (χ4v) is 4.81. The molecule has 0 radical (unpaired) electrons. The highest BCUT2D eigenvalue weighted by molar-refractivity contribution is 7.88. The van der Waals surface area contributed by atoms with Crippen molar-refractivity contribution in [1.29, 1.82) is 0 Å². The minimum absolute atomic E-state index is 0.124. The topological polar surface area (TPSA) is 79.5 Å². The SMILES string of the molecule is Cc1cccc2c(N3CCN(S(=O)(=O)Cc4ccon4)CC3)ccnc12. The minimum Gasteiger partial charge on any atom is -0.368 e. The van der Waals surface area contributed by atoms with E-state index in [2.05, 4.69) is 21.1 Å². The van der Waals surface area contributed by atoms with Gasteiger partial charge in [0.1, 0.15) is 12.0 Å². The molecule has 0 aliphatic carbocycles. The van der Waals surface area contributed by atoms with Crippen LogP contribution in [0.15, 0.2) is 47.3 Å². The second-order valence-electron chi connectivity index (χ2n) is 6.43. The smallest absolute Gasteiger partial charge is 0.220 e. The monoisotopic (exact) mass is 372 g/mol. The lowest BCUT2D eigenvalue weighted by Gasteiger charge is -2.35. The first-order valence-corrected chi connectivity index (χ1v) is 10.1. The van der Waals surface area contributed by atoms with Gasteiger partial charge in [-0.15, -0.1) is 0 Å². The third kappa shape index (κ3) is 3.17. The van der Waals surface area contributed by atoms with Crippen LogP contribution in [0, 0.1) is 6.92 Å². The molecule has 0 spiro atoms. The fraction of sp³-hybridized carbons (Fsp3) is 0.333. The van der Waals surface area contributed by atoms with Crippen LogP contribution in [0.5, 0.6) is 0 Å². The Hall–Kier alpha value is -2.45. The number of nitrogens with zero attached hydrogens (tertiary/aromatic N) is 4. The Labute approximate surface area is 152 Å². The van der Waals surface area contributed by atoms with Crippen molar-refractivity contribution in [3.8, 4) is 0 Å². The first kappa shape index (κ1) is 17.0. The largest absolute Gasteiger partial charge is 0.368 e. The van der Waals surface area contributed by atoms with Crippen LogP contribution in [0.1, 0.15) is 11.3 Å². The van der Waals surface area contributed by atoms with Crippen molar-refractivity contribution in [3.63, 3.8) is 0 Å². The van der Waals surface area contributed by atoms with Crippen molar-refractivity contribution in [3.05, 3.63) is 54.0 Å². The number of benzene rings is 1. The lowest BCUT2D eigenvalue weighted by Crippen LogP contribution is -2.49. The lowest BCUT2D eigenvalue weighted by molar-refractivity contribution is 0.382. The number of pyridine rings is 1. The molecule has 1 saturated heterocycles. The molecule has 1 aromatic carbocycles. The molecule has 3 aromatic rings. The predicted molar refractivity (Wildman–Crippen MR) is 99.4 cm³/mol. The number of aryl methyl sites for hydroxylation is 1. The minimum atomic E-state index is -3.39. The summed E-state index contributed by atoms with van der Waals surface area (Å²) in [4.78, 5) is 6.71. The van der Waals surface area contributed by atoms with Crippen LogP contribution in [-0.2, 0) is 15.8 Å². The number of aromatic nitrogens is 2. The molecule has 0 amide bonds. The van der Waals surface area contributed by atoms with Gasteiger partial charge in [-0.25, -0.2) is 8.42 Å². The summed E-state index contributed by atoms with van der Waals surface area (Å²) in [5.41, 5.74) is 3.67. The molecule has 7 nitrogen and oxygen atoms in total. The van der Waals surface area contributed by atoms with Gasteiger partial charge in [0, 0.05) is 49.5 Å². The second kappa shape index (κ2) is 6.69. The van der Waals surface area contributed by atoms with Crippen molar-refractivity contribution in [2.45, 2.75) is 12.7 Å². The summed E-state index contributed by atoms with van der Waals surface area (Å²) in [6.07, 6.45) is 3.21. The van der Waals surface area contributed by atoms with Gasteiger partial charge < -0.3 is 9.42 Å². The molecule has 3 heterocycles. The van der Waals surface area contributed by atoms with E-state index in [0.29, 0.717) is 31.9 Å². The Morgan fingerprint density at radius 3 is 2.65 bits per heavy atom. The zero-order chi connectivity index (χ0) is 18.1. The molecular formula is C18H20N4O3S. The summed E-state index contributed by atoms with van der Waals surface area (Å²) in [6, 6.07) is 9.73. The molecule has 2 aromatic heterocycles. The normalized spacial score (nSPS) is 16.3. The van der Waals surface area contributed by atoms with Crippen molar-refractivity contribution in [2.75, 3.05) is 31.1 Å². The van der Waals surface area contributed by atoms with Crippen molar-refractivity contribution >= 4 is 26.6 Å². The van der Waals surface area contributed by atoms with Gasteiger partial charge in [-0.3, -0.25) is 4.98 Å². The summed E-state index contributed by atoms with van der Waals surface area (Å²) in [5, 5.41) is 4.81. The number of hydrogen-bond donors (Lipinski definition) is 0. The zero-order valence-electron chi connectivity index (χ0n) is 14.5. The highest BCUT2D eigenvalue weighted by atomic mass is 32.2. The zero-order valence-corrected chi connectivity index (χ0v) is 15.3. The van der Waals surface area contributed by atoms with Gasteiger partial charge in [-0.2, -0.15) is 4.31 Å². The van der Waals surface area contributed by atoms with Crippen molar-refractivity contribution in [1.82, 2.24) is 14.4 Å². The third-order valence-electron chi connectivity index (χ3n) is 4.74. The van der Waals surface area contributed by atoms with E-state index in [9.17, 15) is 8.42 Å². The molecule has 1 fully saturated rings. The van der Waals surface area contributed by atoms with E-state index in [1.165, 1.54) is 10.6 Å². The van der Waals surface area contributed by atoms with E-state index >= 15 is 0 Å². The Kier molecular flexibility index (Phi) is 4.37. The van der Waals surface area contributed by atoms with Gasteiger partial charge in [-0.05, 0) is 18.6 Å². The number of fused-ring (bicyclic) bond motifs is 1. The van der Waals surface area contributed by atoms with Crippen LogP contribution in [-0.4, -0.2) is 49.0 Å². The standard InChI is InChI=1S/C18H20N4O3S/c1-14-3-2-4-16-17(5-7-19-18(14)16)21-8-10-22(11-9-21)26(23,24)13-15-6-12-25-20-15/h2-7,12H,8-11,13H2,1H3. The highest BCUT2D eigenvalue weighted by Gasteiger charge is 2.28. The van der Waals surface area contributed by atoms with E-state index in [1.54, 1.807) is 6.07 Å². The lowest BCUT2D eigenvalue weighted by atomic mass is 10.1. The first-order valence-electron chi connectivity index (χ1n) is 8.51. The van der Waals surface area contributed by atoms with Gasteiger partial charge >= 0.3 is 0 Å². The van der Waals surface area contributed by atoms with E-state index < -0.39 is 10.0 Å². The van der Waals surface area contributed by atoms with E-state index in [-0.39, 0.29) is 5.75 Å². The summed E-state index contributed by atoms with van der Waals surface area (Å²) in [6.45, 7) is 4.25. The van der Waals surface area contributed by atoms with Crippen molar-refractivity contribution in [2.24, 2.45) is 0 Å². The van der Waals surface area contributed by atoms with Gasteiger partial charge in [0.05, 0.1) is 11.2 Å². The highest BCUT2D eigenvalue weighted by Crippen LogP contribution is 2.28. The quantitative estimate of drug-likeness (QED) is 0.698. The molecule has 0 atom stereocenters. The Bertz CT molecular complexity index is 1010. The maximum Gasteiger partial charge on any atom is 0.220 e. The van der Waals surface area contributed by atoms with E-state index in [0.717, 1.165) is 22.2 Å². The van der Waals surface area contributed by atoms with Crippen LogP contribution in [0.2, 0.25) is 0 Å². The van der Waals surface area contributed by atoms with Gasteiger partial charge in [-0.1, -0.05) is 23.4 Å². The second-order valence-corrected chi connectivity index (χ2v) is 8.40. The summed E-state index contributed by atoms with van der Waals surface area (Å²) < 4.78 is 31.4. The summed E-state index contributed by atoms with van der Waals surface area (Å²) in [5.74, 6) is -0.124. The van der Waals surface area contributed by atoms with Gasteiger partial charge in [0.15, 0.2) is 0 Å². The van der Waals surface area contributed by atoms with Gasteiger partial charge in [0.2, 0.25) is 10.0 Å². The Morgan fingerprint density at radius 1 is 1.12 bits per heavy atom. The van der Waals surface area contributed by atoms with Crippen LogP contribution in [0.4, 0.5) is 5.69 Å². The first-order chi connectivity index (χ1) is 12.5. The number of sulfonamides is 1. The molecule has 26 heavy (non-hydrogen) atoms. The Balaban J connectivity index is 1.51. The summed E-state index contributed by atoms with van der Waals surface area (Å²) >= 11 is 0. The molecule has 1 aliphatic rings. The number of anilines is 1. The average molecular weight is 372 g/mol. The number of piperazine rings is 1. The molecule has 136 valence electrons. The Morgan fingerprint density at radius 2 is 1.92 bits per heavy atom. The number of hydrogen-bond acceptors (Lipinski definition) is 6. The number of rotatable bonds is 4. The molecule has 0 N–H and O–H groups in total. The molecule has 0 unspecified atom stereocenters. The van der Waals surface area contributed by atoms with Crippen LogP contribution in [0.3, 0.4) is 0 Å². The molecule has 0 saturated carbocycles. The van der Waals surface area contributed by atoms with Crippen LogP contribution in [0.25, 0.3) is 10.9 Å². The van der Waals surface area contributed by atoms with Gasteiger partial charge in [0.25, 0.3) is 0 Å². The maximum absolute atomic E-state index is 12.6. The van der Waals surface area contributed by atoms with Crippen molar-refractivity contribution < 1.29 is 12.9 Å².